The van der Waals surface area contributed by atoms with Crippen LogP contribution < -0.4 is 14.8 Å². The first-order chi connectivity index (χ1) is 15.8. The van der Waals surface area contributed by atoms with Crippen LogP contribution in [0.25, 0.3) is 6.08 Å². The zero-order chi connectivity index (χ0) is 25.5. The molecule has 0 aliphatic rings. The minimum atomic E-state index is -4.64. The minimum Gasteiger partial charge on any atom is -0.477 e. The highest BCUT2D eigenvalue weighted by Gasteiger charge is 2.33. The fourth-order valence-electron chi connectivity index (χ4n) is 2.76. The Morgan fingerprint density at radius 1 is 1.24 bits per heavy atom. The van der Waals surface area contributed by atoms with Crippen LogP contribution >= 0.6 is 0 Å². The van der Waals surface area contributed by atoms with Gasteiger partial charge in [0.05, 0.1) is 24.6 Å². The number of hydrogen-bond donors (Lipinski definition) is 2. The number of aromatic nitrogens is 1. The van der Waals surface area contributed by atoms with Gasteiger partial charge in [-0.2, -0.15) is 13.2 Å². The molecule has 2 rings (SSSR count). The van der Waals surface area contributed by atoms with Gasteiger partial charge in [-0.05, 0) is 49.2 Å². The number of nitrogens with zero attached hydrogens (tertiary/aromatic N) is 1. The zero-order valence-electron chi connectivity index (χ0n) is 18.7. The summed E-state index contributed by atoms with van der Waals surface area (Å²) in [7, 11) is -3.65. The largest absolute Gasteiger partial charge is 0.477 e. The summed E-state index contributed by atoms with van der Waals surface area (Å²) in [6, 6.07) is 5.07. The summed E-state index contributed by atoms with van der Waals surface area (Å²) in [4.78, 5) is 15.8. The fraction of sp³-hybridized carbons (Fsp3) is 0.364. The molecule has 1 atom stereocenters. The number of nitrogens with one attached hydrogen (secondary N) is 2. The molecule has 1 aromatic heterocycles. The molecule has 186 valence electrons. The molecule has 0 fully saturated rings. The maximum Gasteiger partial charge on any atom is 0.433 e. The molecule has 1 heterocycles. The van der Waals surface area contributed by atoms with Crippen LogP contribution in [0, 0.1) is 5.82 Å². The number of carbonyl (C=O) groups excluding carboxylic acids is 1. The third-order valence-electron chi connectivity index (χ3n) is 4.48. The molecular formula is C22H25F4N3O4S. The minimum absolute atomic E-state index is 0.171. The van der Waals surface area contributed by atoms with Crippen molar-refractivity contribution in [3.63, 3.8) is 0 Å². The van der Waals surface area contributed by atoms with Crippen molar-refractivity contribution in [1.82, 2.24) is 10.3 Å². The molecule has 2 N–H and O–H groups in total. The average molecular weight is 504 g/mol. The number of benzene rings is 1. The average Bonchev–Trinajstić information content (AvgIpc) is 2.72. The van der Waals surface area contributed by atoms with Crippen molar-refractivity contribution in [3.8, 4) is 5.88 Å². The second kappa shape index (κ2) is 11.3. The first-order valence-corrected chi connectivity index (χ1v) is 12.2. The maximum atomic E-state index is 14.2. The Bertz CT molecular complexity index is 1150. The number of anilines is 1. The van der Waals surface area contributed by atoms with Gasteiger partial charge in [0.1, 0.15) is 11.5 Å². The predicted molar refractivity (Wildman–Crippen MR) is 120 cm³/mol. The van der Waals surface area contributed by atoms with E-state index < -0.39 is 39.7 Å². The van der Waals surface area contributed by atoms with Gasteiger partial charge in [0.25, 0.3) is 0 Å². The van der Waals surface area contributed by atoms with E-state index in [0.29, 0.717) is 12.0 Å². The molecule has 0 aliphatic carbocycles. The van der Waals surface area contributed by atoms with Crippen molar-refractivity contribution in [1.29, 1.82) is 0 Å². The Balaban J connectivity index is 2.13. The van der Waals surface area contributed by atoms with Gasteiger partial charge in [-0.25, -0.2) is 17.8 Å². The number of hydrogen-bond acceptors (Lipinski definition) is 5. The first kappa shape index (κ1) is 27.1. The molecule has 0 spiro atoms. The highest BCUT2D eigenvalue weighted by molar-refractivity contribution is 7.92. The number of amides is 1. The molecular weight excluding hydrogens is 478 g/mol. The molecule has 12 heteroatoms. The fourth-order valence-corrected chi connectivity index (χ4v) is 3.32. The Kier molecular flexibility index (Phi) is 9.02. The highest BCUT2D eigenvalue weighted by Crippen LogP contribution is 2.30. The lowest BCUT2D eigenvalue weighted by Crippen LogP contribution is -2.24. The Morgan fingerprint density at radius 3 is 2.53 bits per heavy atom. The Labute approximate surface area is 195 Å². The lowest BCUT2D eigenvalue weighted by atomic mass is 10.1. The zero-order valence-corrected chi connectivity index (χ0v) is 19.6. The standard InChI is InChI=1S/C22H25F4N3O4S/c1-4-5-12-33-21-15(7-10-19(28-21)22(24,25)26)8-11-20(30)27-14(2)16-6-9-18(17(23)13-16)29-34(3,31)32/h6-11,13-14,29H,4-5,12H2,1-3H3,(H,27,30)/t14-/m1/s1. The molecule has 7 nitrogen and oxygen atoms in total. The summed E-state index contributed by atoms with van der Waals surface area (Å²) in [5.74, 6) is -1.65. The summed E-state index contributed by atoms with van der Waals surface area (Å²) in [5, 5.41) is 2.60. The molecule has 34 heavy (non-hydrogen) atoms. The van der Waals surface area contributed by atoms with Gasteiger partial charge < -0.3 is 10.1 Å². The number of pyridine rings is 1. The first-order valence-electron chi connectivity index (χ1n) is 10.3. The lowest BCUT2D eigenvalue weighted by molar-refractivity contribution is -0.141. The van der Waals surface area contributed by atoms with Crippen molar-refractivity contribution in [3.05, 3.63) is 59.0 Å². The lowest BCUT2D eigenvalue weighted by Gasteiger charge is -2.15. The van der Waals surface area contributed by atoms with Crippen molar-refractivity contribution in [2.24, 2.45) is 0 Å². The molecule has 1 amide bonds. The van der Waals surface area contributed by atoms with E-state index in [1.807, 2.05) is 11.6 Å². The SMILES string of the molecule is CCCCOc1nc(C(F)(F)F)ccc1C=CC(=O)N[C@H](C)c1ccc(NS(C)(=O)=O)c(F)c1. The molecule has 1 aromatic carbocycles. The van der Waals surface area contributed by atoms with Crippen LogP contribution in [0.2, 0.25) is 0 Å². The van der Waals surface area contributed by atoms with Crippen LogP contribution in [-0.2, 0) is 21.0 Å². The van der Waals surface area contributed by atoms with E-state index in [1.54, 1.807) is 6.92 Å². The molecule has 0 bridgehead atoms. The summed E-state index contributed by atoms with van der Waals surface area (Å²) >= 11 is 0. The number of halogens is 4. The van der Waals surface area contributed by atoms with E-state index in [4.69, 9.17) is 4.74 Å². The van der Waals surface area contributed by atoms with Crippen LogP contribution in [0.15, 0.2) is 36.4 Å². The van der Waals surface area contributed by atoms with Gasteiger partial charge in [-0.15, -0.1) is 0 Å². The second-order valence-electron chi connectivity index (χ2n) is 7.47. The van der Waals surface area contributed by atoms with E-state index in [2.05, 4.69) is 10.3 Å². The van der Waals surface area contributed by atoms with Crippen molar-refractivity contribution in [2.75, 3.05) is 17.6 Å². The van der Waals surface area contributed by atoms with Crippen LogP contribution in [0.5, 0.6) is 5.88 Å². The summed E-state index contributed by atoms with van der Waals surface area (Å²) in [5.41, 5.74) is -0.771. The quantitative estimate of drug-likeness (QED) is 0.279. The second-order valence-corrected chi connectivity index (χ2v) is 9.22. The Hall–Kier alpha value is -3.15. The number of ether oxygens (including phenoxy) is 1. The van der Waals surface area contributed by atoms with Gasteiger partial charge in [-0.3, -0.25) is 9.52 Å². The predicted octanol–water partition coefficient (Wildman–Crippen LogP) is 4.68. The highest BCUT2D eigenvalue weighted by atomic mass is 32.2. The third kappa shape index (κ3) is 8.32. The van der Waals surface area contributed by atoms with E-state index in [-0.39, 0.29) is 23.7 Å². The van der Waals surface area contributed by atoms with E-state index in [9.17, 15) is 30.8 Å². The summed E-state index contributed by atoms with van der Waals surface area (Å²) < 4.78 is 83.1. The molecule has 0 saturated heterocycles. The van der Waals surface area contributed by atoms with Crippen molar-refractivity contribution >= 4 is 27.7 Å². The van der Waals surface area contributed by atoms with E-state index in [1.165, 1.54) is 18.2 Å². The monoisotopic (exact) mass is 503 g/mol. The molecule has 0 unspecified atom stereocenters. The number of sulfonamides is 1. The molecule has 2 aromatic rings. The molecule has 0 radical (unpaired) electrons. The van der Waals surface area contributed by atoms with Gasteiger partial charge in [0.2, 0.25) is 21.8 Å². The Morgan fingerprint density at radius 2 is 1.94 bits per heavy atom. The van der Waals surface area contributed by atoms with Crippen LogP contribution in [0.3, 0.4) is 0 Å². The van der Waals surface area contributed by atoms with E-state index in [0.717, 1.165) is 37.0 Å². The molecule has 0 aliphatic heterocycles. The summed E-state index contributed by atoms with van der Waals surface area (Å²) in [6.45, 7) is 3.66. The normalized spacial score (nSPS) is 13.0. The van der Waals surface area contributed by atoms with Crippen LogP contribution in [-0.4, -0.2) is 32.2 Å². The summed E-state index contributed by atoms with van der Waals surface area (Å²) in [6.07, 6.45) is 0.0194. The van der Waals surface area contributed by atoms with Crippen molar-refractivity contribution < 1.29 is 35.5 Å². The van der Waals surface area contributed by atoms with E-state index >= 15 is 0 Å². The smallest absolute Gasteiger partial charge is 0.433 e. The van der Waals surface area contributed by atoms with Gasteiger partial charge >= 0.3 is 6.18 Å². The molecule has 0 saturated carbocycles. The van der Waals surface area contributed by atoms with Gasteiger partial charge in [0.15, 0.2) is 0 Å². The van der Waals surface area contributed by atoms with Crippen LogP contribution in [0.1, 0.15) is 49.6 Å². The topological polar surface area (TPSA) is 97.4 Å². The third-order valence-corrected chi connectivity index (χ3v) is 5.07. The van der Waals surface area contributed by atoms with Gasteiger partial charge in [-0.1, -0.05) is 19.4 Å². The van der Waals surface area contributed by atoms with Crippen molar-refractivity contribution in [2.45, 2.75) is 38.9 Å². The number of alkyl halides is 3. The maximum absolute atomic E-state index is 14.2. The van der Waals surface area contributed by atoms with Crippen LogP contribution in [0.4, 0.5) is 23.2 Å². The number of rotatable bonds is 10. The number of unbranched alkanes of at least 4 members (excludes halogenated alkanes) is 1. The number of carbonyl (C=O) groups is 1. The van der Waals surface area contributed by atoms with Gasteiger partial charge in [0, 0.05) is 11.6 Å².